The Morgan fingerprint density at radius 3 is 2.43 bits per heavy atom. The Balaban J connectivity index is 1.96. The van der Waals surface area contributed by atoms with Crippen LogP contribution < -0.4 is 5.32 Å². The molecule has 2 aromatic carbocycles. The van der Waals surface area contributed by atoms with Crippen molar-refractivity contribution in [3.8, 4) is 0 Å². The minimum atomic E-state index is -0.191. The average Bonchev–Trinajstić information content (AvgIpc) is 2.83. The third-order valence-electron chi connectivity index (χ3n) is 3.00. The quantitative estimate of drug-likeness (QED) is 0.750. The van der Waals surface area contributed by atoms with Gasteiger partial charge in [0.2, 0.25) is 0 Å². The molecule has 0 unspecified atom stereocenters. The van der Waals surface area contributed by atoms with E-state index in [1.54, 1.807) is 6.08 Å². The lowest BCUT2D eigenvalue weighted by Crippen LogP contribution is -2.24. The van der Waals surface area contributed by atoms with Gasteiger partial charge in [-0.05, 0) is 29.8 Å². The molecule has 3 nitrogen and oxygen atoms in total. The van der Waals surface area contributed by atoms with Gasteiger partial charge in [-0.2, -0.15) is 0 Å². The summed E-state index contributed by atoms with van der Waals surface area (Å²) < 4.78 is 1.90. The van der Waals surface area contributed by atoms with Crippen molar-refractivity contribution in [1.82, 2.24) is 5.32 Å². The van der Waals surface area contributed by atoms with Crippen LogP contribution in [0.1, 0.15) is 11.1 Å². The van der Waals surface area contributed by atoms with Crippen LogP contribution in [0, 0.1) is 0 Å². The molecule has 5 heteroatoms. The highest BCUT2D eigenvalue weighted by molar-refractivity contribution is 9.10. The summed E-state index contributed by atoms with van der Waals surface area (Å²) in [6.45, 7) is 0. The van der Waals surface area contributed by atoms with Crippen molar-refractivity contribution in [2.24, 2.45) is 4.99 Å². The van der Waals surface area contributed by atoms with Crippen LogP contribution in [0.4, 0.5) is 0 Å². The van der Waals surface area contributed by atoms with E-state index in [0.29, 0.717) is 11.5 Å². The first-order chi connectivity index (χ1) is 10.1. The van der Waals surface area contributed by atoms with Crippen LogP contribution in [-0.2, 0) is 4.79 Å². The van der Waals surface area contributed by atoms with E-state index in [1.165, 1.54) is 0 Å². The number of amidine groups is 1. The lowest BCUT2D eigenvalue weighted by molar-refractivity contribution is -0.115. The molecule has 0 radical (unpaired) electrons. The van der Waals surface area contributed by atoms with E-state index < -0.39 is 0 Å². The van der Waals surface area contributed by atoms with E-state index in [1.807, 2.05) is 48.5 Å². The number of amides is 1. The maximum Gasteiger partial charge on any atom is 0.275 e. The summed E-state index contributed by atoms with van der Waals surface area (Å²) in [6.07, 6.45) is 1.77. The first-order valence-electron chi connectivity index (χ1n) is 6.26. The highest BCUT2D eigenvalue weighted by Gasteiger charge is 2.22. The number of hydrogen-bond acceptors (Lipinski definition) is 2. The number of nitrogens with zero attached hydrogens (tertiary/aromatic N) is 1. The molecule has 0 aliphatic carbocycles. The van der Waals surface area contributed by atoms with E-state index in [-0.39, 0.29) is 5.91 Å². The second-order valence-electron chi connectivity index (χ2n) is 4.48. The van der Waals surface area contributed by atoms with Crippen LogP contribution in [0.2, 0.25) is 0 Å². The van der Waals surface area contributed by atoms with Gasteiger partial charge in [0, 0.05) is 14.5 Å². The Labute approximate surface area is 139 Å². The van der Waals surface area contributed by atoms with Gasteiger partial charge in [0.15, 0.2) is 0 Å². The fourth-order valence-corrected chi connectivity index (χ4v) is 2.70. The summed E-state index contributed by atoms with van der Waals surface area (Å²) in [5, 5.41) is 2.80. The zero-order valence-electron chi connectivity index (χ0n) is 10.8. The number of aliphatic imine (C=N–C) groups is 1. The van der Waals surface area contributed by atoms with Gasteiger partial charge < -0.3 is 5.32 Å². The Hall–Kier alpha value is -1.72. The second kappa shape index (κ2) is 5.95. The van der Waals surface area contributed by atoms with Gasteiger partial charge in [-0.3, -0.25) is 4.79 Å². The van der Waals surface area contributed by atoms with E-state index in [4.69, 9.17) is 0 Å². The first kappa shape index (κ1) is 14.2. The van der Waals surface area contributed by atoms with Crippen LogP contribution in [0.15, 0.2) is 68.2 Å². The molecule has 1 amide bonds. The Kier molecular flexibility index (Phi) is 4.03. The largest absolute Gasteiger partial charge is 0.305 e. The van der Waals surface area contributed by atoms with E-state index >= 15 is 0 Å². The van der Waals surface area contributed by atoms with E-state index in [2.05, 4.69) is 42.2 Å². The molecule has 0 saturated heterocycles. The summed E-state index contributed by atoms with van der Waals surface area (Å²) in [7, 11) is 0. The summed E-state index contributed by atoms with van der Waals surface area (Å²) in [5.41, 5.74) is 2.20. The summed E-state index contributed by atoms with van der Waals surface area (Å²) in [5.74, 6) is 0.375. The highest BCUT2D eigenvalue weighted by Crippen LogP contribution is 2.21. The van der Waals surface area contributed by atoms with Gasteiger partial charge in [0.05, 0.1) is 0 Å². The van der Waals surface area contributed by atoms with Crippen molar-refractivity contribution in [3.63, 3.8) is 0 Å². The fraction of sp³-hybridized carbons (Fsp3) is 0. The molecule has 0 aromatic heterocycles. The molecule has 1 aliphatic rings. The molecule has 0 spiro atoms. The summed E-state index contributed by atoms with van der Waals surface area (Å²) >= 11 is 6.85. The zero-order chi connectivity index (χ0) is 14.8. The lowest BCUT2D eigenvalue weighted by atomic mass is 10.2. The highest BCUT2D eigenvalue weighted by atomic mass is 79.9. The minimum Gasteiger partial charge on any atom is -0.305 e. The minimum absolute atomic E-state index is 0.191. The van der Waals surface area contributed by atoms with Gasteiger partial charge in [0.25, 0.3) is 5.91 Å². The molecule has 0 atom stereocenters. The maximum atomic E-state index is 12.0. The smallest absolute Gasteiger partial charge is 0.275 e. The van der Waals surface area contributed by atoms with E-state index in [9.17, 15) is 4.79 Å². The first-order valence-corrected chi connectivity index (χ1v) is 7.84. The predicted octanol–water partition coefficient (Wildman–Crippen LogP) is 4.13. The van der Waals surface area contributed by atoms with E-state index in [0.717, 1.165) is 20.1 Å². The summed E-state index contributed by atoms with van der Waals surface area (Å²) in [4.78, 5) is 16.4. The van der Waals surface area contributed by atoms with Crippen molar-refractivity contribution < 1.29 is 4.79 Å². The van der Waals surface area contributed by atoms with Gasteiger partial charge in [0.1, 0.15) is 11.5 Å². The zero-order valence-corrected chi connectivity index (χ0v) is 14.0. The SMILES string of the molecule is O=C1NC(c2ccccc2Br)=N/C1=C\c1ccc(Br)cc1. The van der Waals surface area contributed by atoms with Gasteiger partial charge in [-0.25, -0.2) is 4.99 Å². The monoisotopic (exact) mass is 404 g/mol. The number of nitrogens with one attached hydrogen (secondary N) is 1. The van der Waals surface area contributed by atoms with Crippen LogP contribution in [0.3, 0.4) is 0 Å². The number of carbonyl (C=O) groups is 1. The number of carbonyl (C=O) groups excluding carboxylic acids is 1. The Bertz CT molecular complexity index is 764. The molecule has 0 bridgehead atoms. The van der Waals surface area contributed by atoms with Crippen molar-refractivity contribution >= 4 is 49.7 Å². The predicted molar refractivity (Wildman–Crippen MR) is 90.9 cm³/mol. The summed E-state index contributed by atoms with van der Waals surface area (Å²) in [6, 6.07) is 15.4. The molecule has 0 saturated carbocycles. The van der Waals surface area contributed by atoms with Crippen molar-refractivity contribution in [2.75, 3.05) is 0 Å². The van der Waals surface area contributed by atoms with Crippen LogP contribution in [0.25, 0.3) is 6.08 Å². The van der Waals surface area contributed by atoms with Crippen LogP contribution >= 0.6 is 31.9 Å². The standard InChI is InChI=1S/C16H10Br2N2O/c17-11-7-5-10(6-8-11)9-14-16(21)20-15(19-14)12-3-1-2-4-13(12)18/h1-9H,(H,19,20,21)/b14-9-. The van der Waals surface area contributed by atoms with Crippen LogP contribution in [0.5, 0.6) is 0 Å². The molecule has 1 heterocycles. The topological polar surface area (TPSA) is 41.5 Å². The maximum absolute atomic E-state index is 12.0. The Morgan fingerprint density at radius 2 is 1.71 bits per heavy atom. The van der Waals surface area contributed by atoms with Gasteiger partial charge in [-0.1, -0.05) is 62.2 Å². The number of hydrogen-bond donors (Lipinski definition) is 1. The van der Waals surface area contributed by atoms with Crippen molar-refractivity contribution in [1.29, 1.82) is 0 Å². The third kappa shape index (κ3) is 3.14. The van der Waals surface area contributed by atoms with Crippen molar-refractivity contribution in [3.05, 3.63) is 74.3 Å². The number of halogens is 2. The molecule has 2 aromatic rings. The second-order valence-corrected chi connectivity index (χ2v) is 6.25. The number of benzene rings is 2. The molecule has 104 valence electrons. The molecular formula is C16H10Br2N2O. The molecule has 3 rings (SSSR count). The van der Waals surface area contributed by atoms with Gasteiger partial charge in [-0.15, -0.1) is 0 Å². The third-order valence-corrected chi connectivity index (χ3v) is 4.22. The molecule has 1 aliphatic heterocycles. The fourth-order valence-electron chi connectivity index (χ4n) is 1.97. The molecule has 0 fully saturated rings. The lowest BCUT2D eigenvalue weighted by Gasteiger charge is -2.02. The Morgan fingerprint density at radius 1 is 1.00 bits per heavy atom. The average molecular weight is 406 g/mol. The normalized spacial score (nSPS) is 16.0. The molecule has 1 N–H and O–H groups in total. The molecular weight excluding hydrogens is 396 g/mol. The molecule has 21 heavy (non-hydrogen) atoms. The number of rotatable bonds is 2. The van der Waals surface area contributed by atoms with Crippen molar-refractivity contribution in [2.45, 2.75) is 0 Å². The van der Waals surface area contributed by atoms with Crippen LogP contribution in [-0.4, -0.2) is 11.7 Å². The van der Waals surface area contributed by atoms with Gasteiger partial charge >= 0.3 is 0 Å².